The fraction of sp³-hybridized carbons (Fsp3) is 0.450. The van der Waals surface area contributed by atoms with Crippen LogP contribution in [0, 0.1) is 0 Å². The lowest BCUT2D eigenvalue weighted by molar-refractivity contribution is -0.136. The number of anilines is 1. The normalized spacial score (nSPS) is 21.4. The first kappa shape index (κ1) is 19.4. The zero-order valence-corrected chi connectivity index (χ0v) is 16.7. The average molecular weight is 398 g/mol. The molecule has 0 fully saturated rings. The standard InChI is InChI=1S/C20H26N6O3/c1-26-7-3-6-21-9-13-10-22-19-18(13)20(24-12-23-19)25-14-4-5-15(28-2)16(8-14)29-11-17(26)27/h4-5,10,12,16,21H,3,6-9,11H2,1-2H3,(H2,22,23,24,25). The summed E-state index contributed by atoms with van der Waals surface area (Å²) in [6.45, 7) is 2.17. The largest absolute Gasteiger partial charge is 0.498 e. The van der Waals surface area contributed by atoms with Gasteiger partial charge in [0.05, 0.1) is 12.5 Å². The van der Waals surface area contributed by atoms with Gasteiger partial charge < -0.3 is 30.0 Å². The van der Waals surface area contributed by atoms with E-state index >= 15 is 0 Å². The van der Waals surface area contributed by atoms with Gasteiger partial charge >= 0.3 is 0 Å². The third-order valence-electron chi connectivity index (χ3n) is 5.23. The third-order valence-corrected chi connectivity index (χ3v) is 5.23. The highest BCUT2D eigenvalue weighted by atomic mass is 16.5. The number of carbonyl (C=O) groups excluding carboxylic acids is 1. The molecular weight excluding hydrogens is 372 g/mol. The molecule has 0 spiro atoms. The molecule has 9 nitrogen and oxygen atoms in total. The van der Waals surface area contributed by atoms with Gasteiger partial charge in [-0.2, -0.15) is 0 Å². The van der Waals surface area contributed by atoms with Crippen LogP contribution in [0.25, 0.3) is 11.0 Å². The van der Waals surface area contributed by atoms with Gasteiger partial charge in [0, 0.05) is 38.5 Å². The molecule has 0 saturated heterocycles. The minimum absolute atomic E-state index is 0.0162. The van der Waals surface area contributed by atoms with Gasteiger partial charge in [0.2, 0.25) is 5.91 Å². The van der Waals surface area contributed by atoms with Crippen molar-refractivity contribution in [3.8, 4) is 0 Å². The molecule has 2 aromatic heterocycles. The monoisotopic (exact) mass is 398 g/mol. The van der Waals surface area contributed by atoms with E-state index in [1.807, 2.05) is 18.3 Å². The molecule has 1 amide bonds. The topological polar surface area (TPSA) is 104 Å². The van der Waals surface area contributed by atoms with E-state index in [4.69, 9.17) is 9.47 Å². The molecule has 4 rings (SSSR count). The summed E-state index contributed by atoms with van der Waals surface area (Å²) in [5.74, 6) is 1.41. The van der Waals surface area contributed by atoms with Gasteiger partial charge in [0.25, 0.3) is 0 Å². The van der Waals surface area contributed by atoms with E-state index in [-0.39, 0.29) is 18.6 Å². The number of allylic oxidation sites excluding steroid dienone is 2. The number of fused-ring (bicyclic) bond motifs is 2. The first-order valence-electron chi connectivity index (χ1n) is 9.74. The van der Waals surface area contributed by atoms with Crippen molar-refractivity contribution in [1.29, 1.82) is 0 Å². The van der Waals surface area contributed by atoms with Crippen LogP contribution in [0.4, 0.5) is 5.82 Å². The van der Waals surface area contributed by atoms with Crippen LogP contribution in [0.5, 0.6) is 0 Å². The van der Waals surface area contributed by atoms with Crippen molar-refractivity contribution >= 4 is 22.8 Å². The number of nitrogens with one attached hydrogen (secondary N) is 3. The van der Waals surface area contributed by atoms with Crippen molar-refractivity contribution in [2.24, 2.45) is 0 Å². The number of ether oxygens (including phenoxy) is 2. The Bertz CT molecular complexity index is 951. The van der Waals surface area contributed by atoms with E-state index < -0.39 is 0 Å². The van der Waals surface area contributed by atoms with E-state index in [2.05, 4.69) is 25.6 Å². The average Bonchev–Trinajstić information content (AvgIpc) is 3.15. The van der Waals surface area contributed by atoms with Crippen molar-refractivity contribution in [2.45, 2.75) is 25.5 Å². The summed E-state index contributed by atoms with van der Waals surface area (Å²) in [4.78, 5) is 26.1. The highest BCUT2D eigenvalue weighted by Crippen LogP contribution is 2.28. The molecule has 0 aromatic carbocycles. The molecule has 154 valence electrons. The van der Waals surface area contributed by atoms with Gasteiger partial charge in [-0.1, -0.05) is 0 Å². The van der Waals surface area contributed by atoms with Crippen LogP contribution in [0.15, 0.2) is 36.1 Å². The summed E-state index contributed by atoms with van der Waals surface area (Å²) < 4.78 is 11.4. The van der Waals surface area contributed by atoms with Crippen molar-refractivity contribution in [2.75, 3.05) is 39.2 Å². The van der Waals surface area contributed by atoms with Crippen molar-refractivity contribution in [3.05, 3.63) is 41.7 Å². The van der Waals surface area contributed by atoms with Gasteiger partial charge in [-0.25, -0.2) is 9.97 Å². The molecule has 0 radical (unpaired) electrons. The number of hydrogen-bond donors (Lipinski definition) is 3. The Morgan fingerprint density at radius 1 is 1.31 bits per heavy atom. The lowest BCUT2D eigenvalue weighted by Gasteiger charge is -2.26. The molecule has 29 heavy (non-hydrogen) atoms. The van der Waals surface area contributed by atoms with Crippen LogP contribution in [0.3, 0.4) is 0 Å². The van der Waals surface area contributed by atoms with Crippen LogP contribution in [-0.2, 0) is 20.8 Å². The molecule has 1 atom stereocenters. The van der Waals surface area contributed by atoms with Crippen LogP contribution in [0.1, 0.15) is 18.4 Å². The highest BCUT2D eigenvalue weighted by Gasteiger charge is 2.24. The second-order valence-corrected chi connectivity index (χ2v) is 7.20. The van der Waals surface area contributed by atoms with Gasteiger partial charge in [0.15, 0.2) is 0 Å². The summed E-state index contributed by atoms with van der Waals surface area (Å²) in [6, 6.07) is 0. The predicted octanol–water partition coefficient (Wildman–Crippen LogP) is 1.52. The molecule has 2 bridgehead atoms. The minimum Gasteiger partial charge on any atom is -0.498 e. The number of amides is 1. The fourth-order valence-corrected chi connectivity index (χ4v) is 3.58. The smallest absolute Gasteiger partial charge is 0.248 e. The van der Waals surface area contributed by atoms with Crippen molar-refractivity contribution in [1.82, 2.24) is 25.2 Å². The van der Waals surface area contributed by atoms with Crippen LogP contribution in [-0.4, -0.2) is 65.7 Å². The molecule has 1 aliphatic carbocycles. The van der Waals surface area contributed by atoms with Crippen LogP contribution < -0.4 is 10.6 Å². The summed E-state index contributed by atoms with van der Waals surface area (Å²) in [5, 5.41) is 7.82. The molecule has 3 heterocycles. The first-order valence-corrected chi connectivity index (χ1v) is 9.74. The Morgan fingerprint density at radius 2 is 2.21 bits per heavy atom. The van der Waals surface area contributed by atoms with E-state index in [9.17, 15) is 4.79 Å². The van der Waals surface area contributed by atoms with Crippen LogP contribution in [0.2, 0.25) is 0 Å². The van der Waals surface area contributed by atoms with Gasteiger partial charge in [-0.05, 0) is 30.7 Å². The molecule has 9 heteroatoms. The SMILES string of the molecule is COC1=CC=C2CC1OCC(=O)N(C)CCCNCc1c[nH]c3ncnc(c13)N2. The Labute approximate surface area is 169 Å². The molecule has 2 aromatic rings. The Morgan fingerprint density at radius 3 is 3.07 bits per heavy atom. The van der Waals surface area contributed by atoms with Gasteiger partial charge in [-0.3, -0.25) is 4.79 Å². The van der Waals surface area contributed by atoms with E-state index in [1.54, 1.807) is 25.4 Å². The van der Waals surface area contributed by atoms with E-state index in [0.717, 1.165) is 41.1 Å². The zero-order chi connectivity index (χ0) is 20.2. The number of hydrogen-bond acceptors (Lipinski definition) is 7. The lowest BCUT2D eigenvalue weighted by Crippen LogP contribution is -2.35. The summed E-state index contributed by atoms with van der Waals surface area (Å²) in [5.41, 5.74) is 2.82. The van der Waals surface area contributed by atoms with E-state index in [0.29, 0.717) is 25.3 Å². The number of nitrogens with zero attached hydrogens (tertiary/aromatic N) is 3. The predicted molar refractivity (Wildman–Crippen MR) is 109 cm³/mol. The third kappa shape index (κ3) is 4.25. The molecular formula is C20H26N6O3. The fourth-order valence-electron chi connectivity index (χ4n) is 3.58. The number of likely N-dealkylation sites (N-methyl/N-ethyl adjacent to an activating group) is 1. The Balaban J connectivity index is 1.65. The number of aromatic amines is 1. The van der Waals surface area contributed by atoms with Crippen molar-refractivity contribution in [3.63, 3.8) is 0 Å². The molecule has 0 saturated carbocycles. The van der Waals surface area contributed by atoms with Gasteiger partial charge in [0.1, 0.15) is 36.3 Å². The van der Waals surface area contributed by atoms with E-state index in [1.165, 1.54) is 0 Å². The number of H-pyrrole nitrogens is 1. The maximum atomic E-state index is 12.4. The highest BCUT2D eigenvalue weighted by molar-refractivity contribution is 5.91. The quantitative estimate of drug-likeness (QED) is 0.669. The summed E-state index contributed by atoms with van der Waals surface area (Å²) in [6.07, 6.45) is 8.40. The first-order chi connectivity index (χ1) is 14.2. The minimum atomic E-state index is -0.331. The number of rotatable bonds is 1. The second kappa shape index (κ2) is 8.62. The number of aromatic nitrogens is 3. The summed E-state index contributed by atoms with van der Waals surface area (Å²) in [7, 11) is 3.42. The number of carbonyl (C=O) groups is 1. The number of methoxy groups -OCH3 is 1. The molecule has 2 aliphatic rings. The zero-order valence-electron chi connectivity index (χ0n) is 16.7. The maximum Gasteiger partial charge on any atom is 0.248 e. The van der Waals surface area contributed by atoms with Gasteiger partial charge in [-0.15, -0.1) is 0 Å². The Hall–Kier alpha value is -2.91. The molecule has 3 N–H and O–H groups in total. The molecule has 1 unspecified atom stereocenters. The van der Waals surface area contributed by atoms with Crippen LogP contribution >= 0.6 is 0 Å². The maximum absolute atomic E-state index is 12.4. The second-order valence-electron chi connectivity index (χ2n) is 7.20. The Kier molecular flexibility index (Phi) is 5.77. The van der Waals surface area contributed by atoms with Crippen molar-refractivity contribution < 1.29 is 14.3 Å². The lowest BCUT2D eigenvalue weighted by atomic mass is 10.1. The summed E-state index contributed by atoms with van der Waals surface area (Å²) >= 11 is 0. The molecule has 1 aliphatic heterocycles.